The first-order valence-electron chi connectivity index (χ1n) is 5.36. The van der Waals surface area contributed by atoms with E-state index in [1.54, 1.807) is 36.4 Å². The number of hydrogen-bond acceptors (Lipinski definition) is 2. The number of hydrogen-bond donors (Lipinski definition) is 0. The zero-order chi connectivity index (χ0) is 14.0. The summed E-state index contributed by atoms with van der Waals surface area (Å²) in [5, 5.41) is 1.04. The molecule has 0 atom stereocenters. The van der Waals surface area contributed by atoms with Crippen LogP contribution in [-0.2, 0) is 0 Å². The maximum atomic E-state index is 12.5. The molecule has 0 radical (unpaired) electrons. The smallest absolute Gasteiger partial charge is 0.197 e. The van der Waals surface area contributed by atoms with Crippen LogP contribution in [0.2, 0.25) is 10.0 Å². The summed E-state index contributed by atoms with van der Waals surface area (Å²) in [6.45, 7) is 0. The maximum Gasteiger partial charge on any atom is 0.197 e. The van der Waals surface area contributed by atoms with E-state index in [9.17, 15) is 4.79 Å². The SMILES string of the molecule is COc1ccc(Cl)cc1C(=O)c1ccc(Cl)cc1Br. The molecule has 0 fully saturated rings. The Hall–Kier alpha value is -1.03. The highest BCUT2D eigenvalue weighted by Crippen LogP contribution is 2.29. The van der Waals surface area contributed by atoms with Gasteiger partial charge in [-0.05, 0) is 52.3 Å². The summed E-state index contributed by atoms with van der Waals surface area (Å²) in [6, 6.07) is 9.93. The molecule has 0 heterocycles. The molecule has 0 amide bonds. The number of methoxy groups -OCH3 is 1. The minimum atomic E-state index is -0.178. The summed E-state index contributed by atoms with van der Waals surface area (Å²) in [7, 11) is 1.51. The average molecular weight is 360 g/mol. The Morgan fingerprint density at radius 2 is 1.68 bits per heavy atom. The summed E-state index contributed by atoms with van der Waals surface area (Å²) in [4.78, 5) is 12.5. The molecular weight excluding hydrogens is 351 g/mol. The van der Waals surface area contributed by atoms with Crippen LogP contribution in [0.25, 0.3) is 0 Å². The van der Waals surface area contributed by atoms with Crippen molar-refractivity contribution in [2.45, 2.75) is 0 Å². The van der Waals surface area contributed by atoms with E-state index in [1.165, 1.54) is 7.11 Å². The molecule has 2 nitrogen and oxygen atoms in total. The quantitative estimate of drug-likeness (QED) is 0.721. The van der Waals surface area contributed by atoms with Gasteiger partial charge in [-0.2, -0.15) is 0 Å². The lowest BCUT2D eigenvalue weighted by atomic mass is 10.0. The zero-order valence-corrected chi connectivity index (χ0v) is 13.0. The van der Waals surface area contributed by atoms with Gasteiger partial charge in [-0.15, -0.1) is 0 Å². The molecule has 0 N–H and O–H groups in total. The summed E-state index contributed by atoms with van der Waals surface area (Å²) in [6.07, 6.45) is 0. The van der Waals surface area contributed by atoms with Crippen molar-refractivity contribution in [2.75, 3.05) is 7.11 Å². The largest absolute Gasteiger partial charge is 0.496 e. The molecule has 0 unspecified atom stereocenters. The third-order valence-corrected chi connectivity index (χ3v) is 3.71. The van der Waals surface area contributed by atoms with Crippen molar-refractivity contribution in [1.29, 1.82) is 0 Å². The van der Waals surface area contributed by atoms with Crippen molar-refractivity contribution in [3.63, 3.8) is 0 Å². The first-order chi connectivity index (χ1) is 9.02. The summed E-state index contributed by atoms with van der Waals surface area (Å²) in [5.74, 6) is 0.305. The van der Waals surface area contributed by atoms with Crippen molar-refractivity contribution in [3.05, 3.63) is 62.0 Å². The van der Waals surface area contributed by atoms with Gasteiger partial charge in [0.15, 0.2) is 5.78 Å². The number of rotatable bonds is 3. The second-order valence-electron chi connectivity index (χ2n) is 3.80. The van der Waals surface area contributed by atoms with Crippen LogP contribution in [-0.4, -0.2) is 12.9 Å². The number of carbonyl (C=O) groups is 1. The predicted molar refractivity (Wildman–Crippen MR) is 80.6 cm³/mol. The fourth-order valence-electron chi connectivity index (χ4n) is 1.68. The normalized spacial score (nSPS) is 10.3. The Morgan fingerprint density at radius 3 is 2.32 bits per heavy atom. The standard InChI is InChI=1S/C14H9BrCl2O2/c1-19-13-5-3-8(16)6-11(13)14(18)10-4-2-9(17)7-12(10)15/h2-7H,1H3. The highest BCUT2D eigenvalue weighted by molar-refractivity contribution is 9.10. The number of halogens is 3. The first-order valence-corrected chi connectivity index (χ1v) is 6.91. The molecule has 98 valence electrons. The molecule has 2 aromatic carbocycles. The van der Waals surface area contributed by atoms with Crippen molar-refractivity contribution >= 4 is 44.9 Å². The number of ether oxygens (including phenoxy) is 1. The van der Waals surface area contributed by atoms with Crippen LogP contribution in [0.15, 0.2) is 40.9 Å². The number of ketones is 1. The topological polar surface area (TPSA) is 26.3 Å². The second-order valence-corrected chi connectivity index (χ2v) is 5.53. The highest BCUT2D eigenvalue weighted by atomic mass is 79.9. The average Bonchev–Trinajstić information content (AvgIpc) is 2.38. The lowest BCUT2D eigenvalue weighted by Crippen LogP contribution is -2.05. The van der Waals surface area contributed by atoms with E-state index >= 15 is 0 Å². The number of benzene rings is 2. The Kier molecular flexibility index (Phi) is 4.50. The van der Waals surface area contributed by atoms with Gasteiger partial charge in [0.05, 0.1) is 12.7 Å². The molecule has 0 saturated heterocycles. The minimum Gasteiger partial charge on any atom is -0.496 e. The third kappa shape index (κ3) is 3.11. The molecule has 0 aliphatic rings. The van der Waals surface area contributed by atoms with Crippen LogP contribution in [0.5, 0.6) is 5.75 Å². The monoisotopic (exact) mass is 358 g/mol. The van der Waals surface area contributed by atoms with Gasteiger partial charge in [0.25, 0.3) is 0 Å². The van der Waals surface area contributed by atoms with E-state index in [4.69, 9.17) is 27.9 Å². The number of carbonyl (C=O) groups excluding carboxylic acids is 1. The van der Waals surface area contributed by atoms with Gasteiger partial charge in [-0.25, -0.2) is 0 Å². The highest BCUT2D eigenvalue weighted by Gasteiger charge is 2.17. The van der Waals surface area contributed by atoms with Crippen LogP contribution in [0.3, 0.4) is 0 Å². The predicted octanol–water partition coefficient (Wildman–Crippen LogP) is 5.00. The van der Waals surface area contributed by atoms with Crippen LogP contribution < -0.4 is 4.74 Å². The van der Waals surface area contributed by atoms with Gasteiger partial charge in [0.2, 0.25) is 0 Å². The van der Waals surface area contributed by atoms with Gasteiger partial charge in [-0.1, -0.05) is 23.2 Å². The van der Waals surface area contributed by atoms with E-state index in [1.807, 2.05) is 0 Å². The van der Waals surface area contributed by atoms with Crippen molar-refractivity contribution in [3.8, 4) is 5.75 Å². The van der Waals surface area contributed by atoms with Gasteiger partial charge >= 0.3 is 0 Å². The zero-order valence-electron chi connectivity index (χ0n) is 9.91. The summed E-state index contributed by atoms with van der Waals surface area (Å²) < 4.78 is 5.82. The molecule has 2 aromatic rings. The van der Waals surface area contributed by atoms with Gasteiger partial charge < -0.3 is 4.74 Å². The van der Waals surface area contributed by atoms with Crippen molar-refractivity contribution in [1.82, 2.24) is 0 Å². The van der Waals surface area contributed by atoms with Gasteiger partial charge in [0, 0.05) is 20.1 Å². The summed E-state index contributed by atoms with van der Waals surface area (Å²) in [5.41, 5.74) is 0.919. The Balaban J connectivity index is 2.52. The molecular formula is C14H9BrCl2O2. The molecule has 2 rings (SSSR count). The Morgan fingerprint density at radius 1 is 1.05 bits per heavy atom. The van der Waals surface area contributed by atoms with E-state index in [2.05, 4.69) is 15.9 Å². The van der Waals surface area contributed by atoms with Gasteiger partial charge in [0.1, 0.15) is 5.75 Å². The van der Waals surface area contributed by atoms with E-state index in [-0.39, 0.29) is 5.78 Å². The first kappa shape index (κ1) is 14.4. The lowest BCUT2D eigenvalue weighted by Gasteiger charge is -2.09. The molecule has 0 spiro atoms. The lowest BCUT2D eigenvalue weighted by molar-refractivity contribution is 0.103. The Bertz CT molecular complexity index is 641. The molecule has 0 aromatic heterocycles. The molecule has 0 aliphatic heterocycles. The molecule has 19 heavy (non-hydrogen) atoms. The van der Waals surface area contributed by atoms with Crippen LogP contribution in [0, 0.1) is 0 Å². The van der Waals surface area contributed by atoms with Crippen molar-refractivity contribution < 1.29 is 9.53 Å². The second kappa shape index (κ2) is 5.95. The molecule has 0 bridgehead atoms. The van der Waals surface area contributed by atoms with Crippen LogP contribution in [0.1, 0.15) is 15.9 Å². The molecule has 5 heteroatoms. The third-order valence-electron chi connectivity index (χ3n) is 2.58. The summed E-state index contributed by atoms with van der Waals surface area (Å²) >= 11 is 15.1. The maximum absolute atomic E-state index is 12.5. The van der Waals surface area contributed by atoms with E-state index in [0.717, 1.165) is 0 Å². The fourth-order valence-corrected chi connectivity index (χ4v) is 2.71. The van der Waals surface area contributed by atoms with E-state index < -0.39 is 0 Å². The minimum absolute atomic E-state index is 0.178. The van der Waals surface area contributed by atoms with Crippen LogP contribution >= 0.6 is 39.1 Å². The van der Waals surface area contributed by atoms with E-state index in [0.29, 0.717) is 31.4 Å². The van der Waals surface area contributed by atoms with Crippen molar-refractivity contribution in [2.24, 2.45) is 0 Å². The van der Waals surface area contributed by atoms with Gasteiger partial charge in [-0.3, -0.25) is 4.79 Å². The fraction of sp³-hybridized carbons (Fsp3) is 0.0714. The Labute approximate surface area is 129 Å². The molecule has 0 saturated carbocycles. The van der Waals surface area contributed by atoms with Crippen LogP contribution in [0.4, 0.5) is 0 Å². The molecule has 0 aliphatic carbocycles.